The van der Waals surface area contributed by atoms with Crippen molar-refractivity contribution in [3.8, 4) is 0 Å². The molecule has 1 aromatic rings. The van der Waals surface area contributed by atoms with Gasteiger partial charge >= 0.3 is 6.03 Å². The van der Waals surface area contributed by atoms with Crippen LogP contribution >= 0.6 is 0 Å². The van der Waals surface area contributed by atoms with Gasteiger partial charge in [0.05, 0.1) is 0 Å². The number of likely N-dealkylation sites (tertiary alicyclic amines) is 2. The number of amides is 3. The van der Waals surface area contributed by atoms with Crippen molar-refractivity contribution in [1.29, 1.82) is 0 Å². The molecule has 1 atom stereocenters. The molecule has 2 fully saturated rings. The Kier molecular flexibility index (Phi) is 4.08. The highest BCUT2D eigenvalue weighted by atomic mass is 16.2. The fourth-order valence-corrected chi connectivity index (χ4v) is 3.94. The lowest BCUT2D eigenvalue weighted by Crippen LogP contribution is -2.50. The van der Waals surface area contributed by atoms with Gasteiger partial charge in [-0.25, -0.2) is 4.79 Å². The van der Waals surface area contributed by atoms with E-state index in [1.54, 1.807) is 19.0 Å². The molecule has 3 heterocycles. The van der Waals surface area contributed by atoms with Crippen LogP contribution < -0.4 is 0 Å². The topological polar surface area (TPSA) is 48.8 Å². The Morgan fingerprint density at radius 3 is 2.52 bits per heavy atom. The Morgan fingerprint density at radius 2 is 1.87 bits per heavy atom. The van der Waals surface area contributed by atoms with Crippen molar-refractivity contribution in [2.24, 2.45) is 12.5 Å². The van der Waals surface area contributed by atoms with Crippen molar-refractivity contribution in [2.45, 2.75) is 19.3 Å². The summed E-state index contributed by atoms with van der Waals surface area (Å²) in [5.41, 5.74) is 0.809. The van der Waals surface area contributed by atoms with Crippen LogP contribution in [0, 0.1) is 5.41 Å². The van der Waals surface area contributed by atoms with Crippen molar-refractivity contribution in [1.82, 2.24) is 19.3 Å². The lowest BCUT2D eigenvalue weighted by molar-refractivity contribution is 0.0703. The maximum absolute atomic E-state index is 12.7. The smallest absolute Gasteiger partial charge is 0.319 e. The van der Waals surface area contributed by atoms with Gasteiger partial charge < -0.3 is 19.3 Å². The predicted molar refractivity (Wildman–Crippen MR) is 88.3 cm³/mol. The molecule has 3 rings (SSSR count). The second kappa shape index (κ2) is 5.91. The molecular weight excluding hydrogens is 292 g/mol. The number of rotatable bonds is 1. The fraction of sp³-hybridized carbons (Fsp3) is 0.647. The molecule has 6 nitrogen and oxygen atoms in total. The van der Waals surface area contributed by atoms with Crippen LogP contribution in [0.3, 0.4) is 0 Å². The number of carbonyl (C=O) groups excluding carboxylic acids is 2. The molecule has 2 aliphatic rings. The van der Waals surface area contributed by atoms with Crippen LogP contribution in [-0.4, -0.2) is 71.5 Å². The zero-order chi connectivity index (χ0) is 16.6. The summed E-state index contributed by atoms with van der Waals surface area (Å²) >= 11 is 0. The highest BCUT2D eigenvalue weighted by molar-refractivity contribution is 5.93. The minimum absolute atomic E-state index is 0.0742. The van der Waals surface area contributed by atoms with Gasteiger partial charge in [0.1, 0.15) is 5.69 Å². The third kappa shape index (κ3) is 2.94. The van der Waals surface area contributed by atoms with E-state index < -0.39 is 0 Å². The second-order valence-corrected chi connectivity index (χ2v) is 7.18. The molecule has 0 unspecified atom stereocenters. The summed E-state index contributed by atoms with van der Waals surface area (Å²) in [6.07, 6.45) is 5.00. The number of piperidine rings is 1. The first kappa shape index (κ1) is 15.9. The molecule has 0 radical (unpaired) electrons. The van der Waals surface area contributed by atoms with E-state index in [9.17, 15) is 9.59 Å². The van der Waals surface area contributed by atoms with E-state index in [2.05, 4.69) is 0 Å². The monoisotopic (exact) mass is 318 g/mol. The first-order valence-electron chi connectivity index (χ1n) is 8.29. The van der Waals surface area contributed by atoms with Crippen molar-refractivity contribution >= 4 is 11.9 Å². The molecule has 2 aliphatic heterocycles. The molecule has 0 aliphatic carbocycles. The van der Waals surface area contributed by atoms with E-state index in [0.29, 0.717) is 0 Å². The van der Waals surface area contributed by atoms with E-state index in [-0.39, 0.29) is 17.4 Å². The average molecular weight is 318 g/mol. The molecule has 23 heavy (non-hydrogen) atoms. The van der Waals surface area contributed by atoms with Gasteiger partial charge in [-0.2, -0.15) is 0 Å². The average Bonchev–Trinajstić information content (AvgIpc) is 3.13. The van der Waals surface area contributed by atoms with Gasteiger partial charge in [-0.15, -0.1) is 0 Å². The van der Waals surface area contributed by atoms with Crippen LogP contribution in [0.15, 0.2) is 18.3 Å². The van der Waals surface area contributed by atoms with Crippen molar-refractivity contribution in [3.63, 3.8) is 0 Å². The molecular formula is C17H26N4O2. The molecule has 0 aromatic carbocycles. The zero-order valence-corrected chi connectivity index (χ0v) is 14.3. The zero-order valence-electron chi connectivity index (χ0n) is 14.3. The first-order valence-corrected chi connectivity index (χ1v) is 8.29. The molecule has 1 spiro atoms. The Hall–Kier alpha value is -1.98. The summed E-state index contributed by atoms with van der Waals surface area (Å²) < 4.78 is 1.87. The Balaban J connectivity index is 1.70. The van der Waals surface area contributed by atoms with Crippen molar-refractivity contribution in [2.75, 3.05) is 40.3 Å². The number of carbonyl (C=O) groups is 2. The third-order valence-electron chi connectivity index (χ3n) is 5.20. The number of nitrogens with zero attached hydrogens (tertiary/aromatic N) is 4. The second-order valence-electron chi connectivity index (χ2n) is 7.18. The largest absolute Gasteiger partial charge is 0.347 e. The maximum Gasteiger partial charge on any atom is 0.319 e. The molecule has 0 N–H and O–H groups in total. The standard InChI is InChI=1S/C17H26N4O2/c1-18(2)16(23)21-10-5-7-17(13-21)8-11-20(12-17)15(22)14-6-4-9-19(14)3/h4,6,9H,5,7-8,10-13H2,1-3H3/t17-/m0/s1. The molecule has 0 bridgehead atoms. The van der Waals surface area contributed by atoms with Crippen LogP contribution in [0.1, 0.15) is 29.8 Å². The van der Waals surface area contributed by atoms with E-state index in [1.165, 1.54) is 0 Å². The van der Waals surface area contributed by atoms with Crippen LogP contribution in [0.2, 0.25) is 0 Å². The summed E-state index contributed by atoms with van der Waals surface area (Å²) in [7, 11) is 5.49. The summed E-state index contributed by atoms with van der Waals surface area (Å²) in [4.78, 5) is 30.5. The normalized spacial score (nSPS) is 24.3. The lowest BCUT2D eigenvalue weighted by Gasteiger charge is -2.41. The molecule has 2 saturated heterocycles. The molecule has 6 heteroatoms. The van der Waals surface area contributed by atoms with Gasteiger partial charge in [-0.1, -0.05) is 0 Å². The van der Waals surface area contributed by atoms with Gasteiger partial charge in [-0.05, 0) is 31.4 Å². The van der Waals surface area contributed by atoms with Crippen molar-refractivity contribution < 1.29 is 9.59 Å². The van der Waals surface area contributed by atoms with Gasteiger partial charge in [0.2, 0.25) is 0 Å². The number of urea groups is 1. The molecule has 0 saturated carbocycles. The van der Waals surface area contributed by atoms with E-state index >= 15 is 0 Å². The van der Waals surface area contributed by atoms with Crippen LogP contribution in [-0.2, 0) is 7.05 Å². The van der Waals surface area contributed by atoms with Crippen LogP contribution in [0.4, 0.5) is 4.79 Å². The van der Waals surface area contributed by atoms with E-state index in [0.717, 1.165) is 51.1 Å². The Bertz CT molecular complexity index is 609. The highest BCUT2D eigenvalue weighted by Crippen LogP contribution is 2.39. The third-order valence-corrected chi connectivity index (χ3v) is 5.20. The maximum atomic E-state index is 12.7. The summed E-state index contributed by atoms with van der Waals surface area (Å²) in [6, 6.07) is 3.85. The van der Waals surface area contributed by atoms with Gasteiger partial charge in [0.15, 0.2) is 0 Å². The molecule has 3 amide bonds. The van der Waals surface area contributed by atoms with Gasteiger partial charge in [0.25, 0.3) is 5.91 Å². The van der Waals surface area contributed by atoms with E-state index in [1.807, 2.05) is 39.7 Å². The van der Waals surface area contributed by atoms with Crippen molar-refractivity contribution in [3.05, 3.63) is 24.0 Å². The SMILES string of the molecule is CN(C)C(=O)N1CCC[C@@]2(CCN(C(=O)c3cccn3C)C2)C1. The summed E-state index contributed by atoms with van der Waals surface area (Å²) in [6.45, 7) is 3.13. The van der Waals surface area contributed by atoms with Gasteiger partial charge in [0, 0.05) is 58.9 Å². The fourth-order valence-electron chi connectivity index (χ4n) is 3.94. The van der Waals surface area contributed by atoms with Crippen LogP contribution in [0.25, 0.3) is 0 Å². The number of hydrogen-bond acceptors (Lipinski definition) is 2. The lowest BCUT2D eigenvalue weighted by atomic mass is 9.79. The van der Waals surface area contributed by atoms with Gasteiger partial charge in [-0.3, -0.25) is 4.79 Å². The molecule has 1 aromatic heterocycles. The highest BCUT2D eigenvalue weighted by Gasteiger charge is 2.44. The quantitative estimate of drug-likeness (QED) is 0.790. The Morgan fingerprint density at radius 1 is 1.13 bits per heavy atom. The van der Waals surface area contributed by atoms with E-state index in [4.69, 9.17) is 0 Å². The number of aromatic nitrogens is 1. The minimum Gasteiger partial charge on any atom is -0.347 e. The first-order chi connectivity index (χ1) is 10.9. The minimum atomic E-state index is 0.0742. The van der Waals surface area contributed by atoms with Crippen LogP contribution in [0.5, 0.6) is 0 Å². The molecule has 126 valence electrons. The summed E-state index contributed by atoms with van der Waals surface area (Å²) in [5.74, 6) is 0.102. The number of hydrogen-bond donors (Lipinski definition) is 0. The predicted octanol–water partition coefficient (Wildman–Crippen LogP) is 1.63. The Labute approximate surface area is 137 Å². The number of aryl methyl sites for hydroxylation is 1. The summed E-state index contributed by atoms with van der Waals surface area (Å²) in [5, 5.41) is 0.